The van der Waals surface area contributed by atoms with E-state index in [0.29, 0.717) is 29.2 Å². The molecule has 174 valence electrons. The highest BCUT2D eigenvalue weighted by molar-refractivity contribution is 5.94. The molecule has 3 aromatic carbocycles. The third kappa shape index (κ3) is 6.67. The molecule has 3 amide bonds. The molecule has 0 saturated carbocycles. The molecular weight excluding hydrogens is 433 g/mol. The van der Waals surface area contributed by atoms with E-state index < -0.39 is 12.1 Å². The Labute approximate surface area is 198 Å². The fourth-order valence-corrected chi connectivity index (χ4v) is 3.52. The van der Waals surface area contributed by atoms with Crippen LogP contribution < -0.4 is 11.1 Å². The van der Waals surface area contributed by atoms with Crippen molar-refractivity contribution in [2.45, 2.75) is 25.3 Å². The van der Waals surface area contributed by atoms with Gasteiger partial charge in [0, 0.05) is 23.6 Å². The first kappa shape index (κ1) is 24.5. The van der Waals surface area contributed by atoms with Crippen LogP contribution in [0.5, 0.6) is 0 Å². The standard InChI is InChI=1S/C27H26FN3O3/c1-19(31(34)27(29)33)10-11-20-6-5-9-23(18-20)26(32)30-17-16-25(21-7-3-2-4-8-21)22-12-14-24(28)15-13-22/h2-9,12-15,18-19,25,34H,16-17H2,1H3,(H2,29,33)(H,30,32). The molecule has 3 aromatic rings. The number of halogens is 1. The quantitative estimate of drug-likeness (QED) is 0.279. The lowest BCUT2D eigenvalue weighted by Gasteiger charge is -2.18. The fourth-order valence-electron chi connectivity index (χ4n) is 3.52. The maximum Gasteiger partial charge on any atom is 0.339 e. The summed E-state index contributed by atoms with van der Waals surface area (Å²) in [6.07, 6.45) is 0.637. The predicted octanol–water partition coefficient (Wildman–Crippen LogP) is 4.29. The summed E-state index contributed by atoms with van der Waals surface area (Å²) in [6.45, 7) is 1.94. The molecule has 2 unspecified atom stereocenters. The second-order valence-electron chi connectivity index (χ2n) is 7.77. The van der Waals surface area contributed by atoms with Crippen LogP contribution in [-0.4, -0.2) is 34.8 Å². The van der Waals surface area contributed by atoms with E-state index in [0.717, 1.165) is 11.1 Å². The molecule has 6 nitrogen and oxygen atoms in total. The van der Waals surface area contributed by atoms with Gasteiger partial charge in [0.1, 0.15) is 11.9 Å². The van der Waals surface area contributed by atoms with Crippen LogP contribution in [0.4, 0.5) is 9.18 Å². The molecular formula is C27H26FN3O3. The summed E-state index contributed by atoms with van der Waals surface area (Å²) >= 11 is 0. The number of nitrogens with two attached hydrogens (primary N) is 1. The minimum atomic E-state index is -0.996. The summed E-state index contributed by atoms with van der Waals surface area (Å²) in [5.74, 6) is 5.01. The average Bonchev–Trinajstić information content (AvgIpc) is 2.86. The molecule has 34 heavy (non-hydrogen) atoms. The van der Waals surface area contributed by atoms with Gasteiger partial charge in [0.25, 0.3) is 5.91 Å². The Kier molecular flexibility index (Phi) is 8.38. The Morgan fingerprint density at radius 1 is 1.03 bits per heavy atom. The molecule has 0 spiro atoms. The minimum Gasteiger partial charge on any atom is -0.352 e. The second-order valence-corrected chi connectivity index (χ2v) is 7.77. The zero-order valence-electron chi connectivity index (χ0n) is 18.7. The maximum absolute atomic E-state index is 13.4. The number of nitrogens with one attached hydrogen (secondary N) is 1. The number of carbonyl (C=O) groups is 2. The highest BCUT2D eigenvalue weighted by Gasteiger charge is 2.15. The molecule has 2 atom stereocenters. The number of amides is 3. The van der Waals surface area contributed by atoms with Crippen molar-refractivity contribution in [2.75, 3.05) is 6.54 Å². The van der Waals surface area contributed by atoms with Crippen molar-refractivity contribution in [3.63, 3.8) is 0 Å². The highest BCUT2D eigenvalue weighted by Crippen LogP contribution is 2.27. The van der Waals surface area contributed by atoms with E-state index >= 15 is 0 Å². The number of primary amides is 1. The van der Waals surface area contributed by atoms with E-state index in [1.807, 2.05) is 30.3 Å². The Morgan fingerprint density at radius 2 is 1.71 bits per heavy atom. The number of carbonyl (C=O) groups excluding carboxylic acids is 2. The number of hydrogen-bond donors (Lipinski definition) is 3. The lowest BCUT2D eigenvalue weighted by atomic mass is 9.88. The van der Waals surface area contributed by atoms with Crippen LogP contribution in [0.25, 0.3) is 0 Å². The summed E-state index contributed by atoms with van der Waals surface area (Å²) in [4.78, 5) is 23.7. The second kappa shape index (κ2) is 11.6. The van der Waals surface area contributed by atoms with Crippen molar-refractivity contribution in [3.05, 3.63) is 107 Å². The summed E-state index contributed by atoms with van der Waals surface area (Å²) in [5, 5.41) is 12.8. The predicted molar refractivity (Wildman–Crippen MR) is 128 cm³/mol. The lowest BCUT2D eigenvalue weighted by Crippen LogP contribution is -2.38. The van der Waals surface area contributed by atoms with Gasteiger partial charge in [-0.3, -0.25) is 10.0 Å². The van der Waals surface area contributed by atoms with Crippen LogP contribution in [0.3, 0.4) is 0 Å². The Morgan fingerprint density at radius 3 is 2.38 bits per heavy atom. The Balaban J connectivity index is 1.66. The van der Waals surface area contributed by atoms with Gasteiger partial charge in [0.05, 0.1) is 0 Å². The lowest BCUT2D eigenvalue weighted by molar-refractivity contribution is -0.0536. The van der Waals surface area contributed by atoms with E-state index in [4.69, 9.17) is 5.73 Å². The van der Waals surface area contributed by atoms with Crippen LogP contribution in [-0.2, 0) is 0 Å². The number of hydroxylamine groups is 2. The van der Waals surface area contributed by atoms with Gasteiger partial charge in [-0.05, 0) is 54.8 Å². The molecule has 0 aliphatic rings. The molecule has 0 radical (unpaired) electrons. The smallest absolute Gasteiger partial charge is 0.339 e. The van der Waals surface area contributed by atoms with Crippen molar-refractivity contribution in [2.24, 2.45) is 5.73 Å². The summed E-state index contributed by atoms with van der Waals surface area (Å²) in [6, 6.07) is 21.3. The van der Waals surface area contributed by atoms with E-state index in [1.165, 1.54) is 19.1 Å². The monoisotopic (exact) mass is 459 g/mol. The maximum atomic E-state index is 13.4. The average molecular weight is 460 g/mol. The normalized spacial score (nSPS) is 12.1. The third-order valence-corrected chi connectivity index (χ3v) is 5.34. The van der Waals surface area contributed by atoms with Crippen molar-refractivity contribution in [1.82, 2.24) is 10.4 Å². The molecule has 0 aliphatic heterocycles. The van der Waals surface area contributed by atoms with Crippen LogP contribution >= 0.6 is 0 Å². The molecule has 0 aliphatic carbocycles. The first-order valence-electron chi connectivity index (χ1n) is 10.8. The molecule has 3 rings (SSSR count). The van der Waals surface area contributed by atoms with Crippen LogP contribution in [0, 0.1) is 17.7 Å². The third-order valence-electron chi connectivity index (χ3n) is 5.34. The number of benzene rings is 3. The molecule has 0 heterocycles. The summed E-state index contributed by atoms with van der Waals surface area (Å²) < 4.78 is 13.4. The minimum absolute atomic E-state index is 0.00692. The number of rotatable bonds is 7. The van der Waals surface area contributed by atoms with Crippen LogP contribution in [0.1, 0.15) is 46.3 Å². The highest BCUT2D eigenvalue weighted by atomic mass is 19.1. The van der Waals surface area contributed by atoms with E-state index in [9.17, 15) is 19.2 Å². The zero-order valence-corrected chi connectivity index (χ0v) is 18.7. The van der Waals surface area contributed by atoms with Crippen LogP contribution in [0.2, 0.25) is 0 Å². The Bertz CT molecular complexity index is 1190. The number of nitrogens with zero attached hydrogens (tertiary/aromatic N) is 1. The first-order chi connectivity index (χ1) is 16.3. The van der Waals surface area contributed by atoms with Crippen molar-refractivity contribution in [1.29, 1.82) is 0 Å². The summed E-state index contributed by atoms with van der Waals surface area (Å²) in [7, 11) is 0. The van der Waals surface area contributed by atoms with Crippen molar-refractivity contribution in [3.8, 4) is 11.8 Å². The topological polar surface area (TPSA) is 95.7 Å². The molecule has 0 bridgehead atoms. The van der Waals surface area contributed by atoms with Gasteiger partial charge in [-0.2, -0.15) is 5.06 Å². The fraction of sp³-hybridized carbons (Fsp3) is 0.185. The molecule has 7 heteroatoms. The summed E-state index contributed by atoms with van der Waals surface area (Å²) in [5.41, 5.74) is 8.08. The van der Waals surface area contributed by atoms with E-state index in [2.05, 4.69) is 17.2 Å². The SMILES string of the molecule is CC(C#Cc1cccc(C(=O)NCCC(c2ccccc2)c2ccc(F)cc2)c1)N(O)C(N)=O. The van der Waals surface area contributed by atoms with Gasteiger partial charge in [0.2, 0.25) is 0 Å². The van der Waals surface area contributed by atoms with Gasteiger partial charge in [-0.15, -0.1) is 0 Å². The Hall–Kier alpha value is -4.15. The number of urea groups is 1. The van der Waals surface area contributed by atoms with Crippen LogP contribution in [0.15, 0.2) is 78.9 Å². The van der Waals surface area contributed by atoms with Gasteiger partial charge in [-0.1, -0.05) is 60.4 Å². The number of hydrogen-bond acceptors (Lipinski definition) is 3. The first-order valence-corrected chi connectivity index (χ1v) is 10.8. The van der Waals surface area contributed by atoms with Crippen molar-refractivity contribution < 1.29 is 19.2 Å². The van der Waals surface area contributed by atoms with Gasteiger partial charge < -0.3 is 11.1 Å². The van der Waals surface area contributed by atoms with E-state index in [-0.39, 0.29) is 17.6 Å². The van der Waals surface area contributed by atoms with E-state index in [1.54, 1.807) is 36.4 Å². The molecule has 0 saturated heterocycles. The largest absolute Gasteiger partial charge is 0.352 e. The molecule has 0 fully saturated rings. The van der Waals surface area contributed by atoms with Gasteiger partial charge in [-0.25, -0.2) is 9.18 Å². The van der Waals surface area contributed by atoms with Gasteiger partial charge >= 0.3 is 6.03 Å². The molecule has 4 N–H and O–H groups in total. The van der Waals surface area contributed by atoms with Gasteiger partial charge in [0.15, 0.2) is 0 Å². The molecule has 0 aromatic heterocycles. The van der Waals surface area contributed by atoms with Crippen molar-refractivity contribution >= 4 is 11.9 Å². The zero-order chi connectivity index (χ0) is 24.5.